The van der Waals surface area contributed by atoms with Crippen LogP contribution in [-0.4, -0.2) is 30.2 Å². The van der Waals surface area contributed by atoms with Crippen molar-refractivity contribution in [2.24, 2.45) is 0 Å². The zero-order valence-corrected chi connectivity index (χ0v) is 14.3. The largest absolute Gasteiger partial charge is 0.508 e. The molecule has 8 nitrogen and oxygen atoms in total. The minimum atomic E-state index is -4.71. The molecule has 9 heteroatoms. The van der Waals surface area contributed by atoms with Crippen molar-refractivity contribution in [2.45, 2.75) is 25.4 Å². The molecule has 0 fully saturated rings. The van der Waals surface area contributed by atoms with Gasteiger partial charge in [0.2, 0.25) is 0 Å². The van der Waals surface area contributed by atoms with Gasteiger partial charge in [-0.25, -0.2) is 4.57 Å². The fraction of sp³-hybridized carbons (Fsp3) is 0.250. The highest BCUT2D eigenvalue weighted by Crippen LogP contribution is 2.44. The van der Waals surface area contributed by atoms with Crippen molar-refractivity contribution in [3.63, 3.8) is 0 Å². The van der Waals surface area contributed by atoms with Crippen LogP contribution in [0.1, 0.15) is 36.5 Å². The van der Waals surface area contributed by atoms with Crippen LogP contribution in [0.3, 0.4) is 0 Å². The molecule has 0 aliphatic rings. The fourth-order valence-corrected chi connectivity index (χ4v) is 3.14. The molecule has 0 heterocycles. The first-order valence-electron chi connectivity index (χ1n) is 7.43. The van der Waals surface area contributed by atoms with Crippen LogP contribution in [0.5, 0.6) is 17.2 Å². The predicted molar refractivity (Wildman–Crippen MR) is 91.5 cm³/mol. The molecule has 0 amide bonds. The van der Waals surface area contributed by atoms with Crippen molar-refractivity contribution in [3.05, 3.63) is 47.5 Å². The average Bonchev–Trinajstić information content (AvgIpc) is 2.44. The number of benzene rings is 2. The molecule has 2 atom stereocenters. The topological polar surface area (TPSA) is 150 Å². The Kier molecular flexibility index (Phi) is 5.59. The second-order valence-corrected chi connectivity index (χ2v) is 7.14. The van der Waals surface area contributed by atoms with Gasteiger partial charge < -0.3 is 30.2 Å². The molecule has 7 N–H and O–H groups in total. The van der Waals surface area contributed by atoms with Crippen molar-refractivity contribution in [3.8, 4) is 17.2 Å². The zero-order chi connectivity index (χ0) is 18.8. The summed E-state index contributed by atoms with van der Waals surface area (Å²) in [4.78, 5) is 18.2. The van der Waals surface area contributed by atoms with Gasteiger partial charge in [0.25, 0.3) is 0 Å². The number of aliphatic hydroxyl groups is 1. The third-order valence-corrected chi connectivity index (χ3v) is 4.29. The van der Waals surface area contributed by atoms with E-state index < -0.39 is 25.3 Å². The van der Waals surface area contributed by atoms with E-state index in [1.54, 1.807) is 25.1 Å². The second kappa shape index (κ2) is 7.33. The summed E-state index contributed by atoms with van der Waals surface area (Å²) in [6, 6.07) is 8.47. The van der Waals surface area contributed by atoms with Crippen LogP contribution >= 0.6 is 7.75 Å². The Morgan fingerprint density at radius 1 is 1.08 bits per heavy atom. The molecule has 0 spiro atoms. The molecule has 2 rings (SSSR count). The normalized spacial score (nSPS) is 14.1. The molecule has 2 aromatic rings. The van der Waals surface area contributed by atoms with Gasteiger partial charge in [-0.05, 0) is 30.0 Å². The lowest BCUT2D eigenvalue weighted by Crippen LogP contribution is -2.08. The summed E-state index contributed by atoms with van der Waals surface area (Å²) in [6.45, 7) is 1.80. The number of aliphatic hydroxyl groups excluding tert-OH is 1. The highest BCUT2D eigenvalue weighted by atomic mass is 31.2. The Labute approximate surface area is 144 Å². The lowest BCUT2D eigenvalue weighted by molar-refractivity contribution is 0.156. The molecular formula is C16H20NO7P. The number of hydrogen-bond acceptors (Lipinski definition) is 5. The van der Waals surface area contributed by atoms with Gasteiger partial charge in [-0.3, -0.25) is 5.09 Å². The molecule has 2 aromatic carbocycles. The first-order chi connectivity index (χ1) is 11.6. The molecule has 25 heavy (non-hydrogen) atoms. The molecule has 0 aliphatic carbocycles. The Balaban J connectivity index is 2.31. The summed E-state index contributed by atoms with van der Waals surface area (Å²) < 4.78 is 11.2. The van der Waals surface area contributed by atoms with Crippen molar-refractivity contribution >= 4 is 13.4 Å². The monoisotopic (exact) mass is 369 g/mol. The third-order valence-electron chi connectivity index (χ3n) is 3.76. The van der Waals surface area contributed by atoms with Gasteiger partial charge >= 0.3 is 7.75 Å². The maximum Gasteiger partial charge on any atom is 0.427 e. The summed E-state index contributed by atoms with van der Waals surface area (Å²) in [5.41, 5.74) is 0.358. The Morgan fingerprint density at radius 3 is 2.36 bits per heavy atom. The molecule has 0 aliphatic heterocycles. The van der Waals surface area contributed by atoms with Crippen LogP contribution in [0.2, 0.25) is 0 Å². The van der Waals surface area contributed by atoms with Gasteiger partial charge in [0.05, 0.1) is 11.8 Å². The lowest BCUT2D eigenvalue weighted by atomic mass is 9.91. The van der Waals surface area contributed by atoms with Crippen LogP contribution in [0, 0.1) is 0 Å². The Bertz CT molecular complexity index is 805. The summed E-state index contributed by atoms with van der Waals surface area (Å²) in [7, 11) is -4.71. The smallest absolute Gasteiger partial charge is 0.427 e. The minimum absolute atomic E-state index is 0.0789. The van der Waals surface area contributed by atoms with Crippen LogP contribution in [0.15, 0.2) is 36.4 Å². The quantitative estimate of drug-likeness (QED) is 0.384. The number of hydrogen-bond donors (Lipinski definition) is 7. The number of anilines is 1. The number of phenolic OH excluding ortho intramolecular Hbond substituents is 3. The highest BCUT2D eigenvalue weighted by Gasteiger charge is 2.25. The zero-order valence-electron chi connectivity index (χ0n) is 13.4. The number of rotatable bonds is 6. The first-order valence-corrected chi connectivity index (χ1v) is 9.04. The van der Waals surface area contributed by atoms with Crippen LogP contribution in [0.25, 0.3) is 0 Å². The summed E-state index contributed by atoms with van der Waals surface area (Å²) in [5, 5.41) is 41.4. The predicted octanol–water partition coefficient (Wildman–Crippen LogP) is 2.54. The molecule has 2 unspecified atom stereocenters. The van der Waals surface area contributed by atoms with E-state index in [1.807, 2.05) is 5.09 Å². The van der Waals surface area contributed by atoms with E-state index >= 15 is 0 Å². The SMILES string of the molecule is CC(CC(O)c1c(O)cc(O)cc1NP(=O)(O)O)c1cccc(O)c1. The third kappa shape index (κ3) is 5.11. The Hall–Kier alpha value is -2.25. The number of aromatic hydroxyl groups is 3. The van der Waals surface area contributed by atoms with Gasteiger partial charge in [0, 0.05) is 17.7 Å². The fourth-order valence-electron chi connectivity index (χ4n) is 2.64. The Morgan fingerprint density at radius 2 is 1.76 bits per heavy atom. The molecule has 0 saturated heterocycles. The number of nitrogens with one attached hydrogen (secondary N) is 1. The summed E-state index contributed by atoms with van der Waals surface area (Å²) in [6.07, 6.45) is -1.16. The highest BCUT2D eigenvalue weighted by molar-refractivity contribution is 7.53. The molecule has 0 bridgehead atoms. The summed E-state index contributed by atoms with van der Waals surface area (Å²) in [5.74, 6) is -1.05. The standard InChI is InChI=1S/C16H20NO7P/c1-9(10-3-2-4-11(18)6-10)5-14(20)16-13(17-25(22,23)24)7-12(19)8-15(16)21/h2-4,6-9,14,18-21H,5H2,1H3,(H3,17,22,23,24). The van der Waals surface area contributed by atoms with E-state index in [0.29, 0.717) is 0 Å². The van der Waals surface area contributed by atoms with Crippen LogP contribution < -0.4 is 5.09 Å². The van der Waals surface area contributed by atoms with E-state index in [2.05, 4.69) is 0 Å². The van der Waals surface area contributed by atoms with Gasteiger partial charge in [-0.2, -0.15) is 0 Å². The number of phenols is 3. The van der Waals surface area contributed by atoms with E-state index in [-0.39, 0.29) is 29.3 Å². The maximum absolute atomic E-state index is 11.2. The van der Waals surface area contributed by atoms with Crippen molar-refractivity contribution in [1.82, 2.24) is 0 Å². The van der Waals surface area contributed by atoms with Crippen LogP contribution in [0.4, 0.5) is 5.69 Å². The maximum atomic E-state index is 11.2. The van der Waals surface area contributed by atoms with Gasteiger partial charge in [0.15, 0.2) is 0 Å². The van der Waals surface area contributed by atoms with Gasteiger partial charge in [0.1, 0.15) is 17.2 Å². The van der Waals surface area contributed by atoms with Gasteiger partial charge in [-0.1, -0.05) is 19.1 Å². The molecule has 0 radical (unpaired) electrons. The van der Waals surface area contributed by atoms with E-state index in [0.717, 1.165) is 17.7 Å². The second-order valence-electron chi connectivity index (χ2n) is 5.83. The van der Waals surface area contributed by atoms with Crippen LogP contribution in [-0.2, 0) is 4.57 Å². The van der Waals surface area contributed by atoms with E-state index in [1.165, 1.54) is 6.07 Å². The first kappa shape index (κ1) is 19.1. The molecule has 0 aromatic heterocycles. The van der Waals surface area contributed by atoms with Crippen molar-refractivity contribution in [2.75, 3.05) is 5.09 Å². The minimum Gasteiger partial charge on any atom is -0.508 e. The molecule has 136 valence electrons. The average molecular weight is 369 g/mol. The molecule has 0 saturated carbocycles. The molecular weight excluding hydrogens is 349 g/mol. The van der Waals surface area contributed by atoms with Gasteiger partial charge in [-0.15, -0.1) is 0 Å². The lowest BCUT2D eigenvalue weighted by Gasteiger charge is -2.22. The van der Waals surface area contributed by atoms with Crippen molar-refractivity contribution < 1.29 is 34.8 Å². The summed E-state index contributed by atoms with van der Waals surface area (Å²) >= 11 is 0. The van der Waals surface area contributed by atoms with E-state index in [4.69, 9.17) is 9.79 Å². The van der Waals surface area contributed by atoms with Crippen molar-refractivity contribution in [1.29, 1.82) is 0 Å². The van der Waals surface area contributed by atoms with E-state index in [9.17, 15) is 25.0 Å².